The van der Waals surface area contributed by atoms with Crippen LogP contribution in [-0.2, 0) is 41.8 Å². The fourth-order valence-electron chi connectivity index (χ4n) is 5.65. The van der Waals surface area contributed by atoms with Crippen LogP contribution in [0.15, 0.2) is 36.4 Å². The van der Waals surface area contributed by atoms with Crippen LogP contribution in [0.5, 0.6) is 0 Å². The molecule has 45 heavy (non-hydrogen) atoms. The summed E-state index contributed by atoms with van der Waals surface area (Å²) in [6.07, 6.45) is 5.11. The van der Waals surface area contributed by atoms with Crippen LogP contribution in [-0.4, -0.2) is 66.9 Å². The molecule has 2 aromatic heterocycles. The van der Waals surface area contributed by atoms with E-state index in [1.165, 1.54) is 0 Å². The standard InChI is InChI=1S/C32H39N5O8/c1-4-43-18-24-34-28-29(36(24)19-32(2,3)42)22-13-5-6-14-23(22)33-30(28)35-31(41)44-21-11-7-9-20(10-8-12-21)17-27(40)45-37-25(38)15-16-26(37)39/h5-7,11,13-14,20-21,42H,4,8-10,12,15-19H2,1-3H3,(H,33,35,41)/b11-7+. The lowest BCUT2D eigenvalue weighted by Crippen LogP contribution is -2.32. The number of rotatable bonds is 10. The third-order valence-corrected chi connectivity index (χ3v) is 7.70. The average Bonchev–Trinajstić information content (AvgIpc) is 3.48. The summed E-state index contributed by atoms with van der Waals surface area (Å²) >= 11 is 0. The number of anilines is 1. The number of hydrogen-bond donors (Lipinski definition) is 2. The van der Waals surface area contributed by atoms with Gasteiger partial charge in [-0.15, -0.1) is 5.06 Å². The number of ether oxygens (including phenoxy) is 2. The van der Waals surface area contributed by atoms with Gasteiger partial charge in [-0.25, -0.2) is 19.6 Å². The molecule has 13 heteroatoms. The van der Waals surface area contributed by atoms with Crippen molar-refractivity contribution in [2.75, 3.05) is 11.9 Å². The van der Waals surface area contributed by atoms with Crippen molar-refractivity contribution in [3.8, 4) is 0 Å². The van der Waals surface area contributed by atoms with Gasteiger partial charge in [0.05, 0.1) is 29.6 Å². The number of aliphatic hydroxyl groups is 1. The van der Waals surface area contributed by atoms with Crippen molar-refractivity contribution in [1.82, 2.24) is 19.6 Å². The second-order valence-corrected chi connectivity index (χ2v) is 12.0. The van der Waals surface area contributed by atoms with Crippen LogP contribution in [0.3, 0.4) is 0 Å². The van der Waals surface area contributed by atoms with Crippen LogP contribution in [0.2, 0.25) is 0 Å². The van der Waals surface area contributed by atoms with Gasteiger partial charge in [0, 0.05) is 24.8 Å². The van der Waals surface area contributed by atoms with Crippen molar-refractivity contribution in [3.63, 3.8) is 0 Å². The number of carbonyl (C=O) groups excluding carboxylic acids is 4. The van der Waals surface area contributed by atoms with Gasteiger partial charge in [-0.05, 0) is 64.5 Å². The number of hydroxylamine groups is 2. The maximum absolute atomic E-state index is 13.2. The first-order valence-electron chi connectivity index (χ1n) is 15.3. The fraction of sp³-hybridized carbons (Fsp3) is 0.500. The normalized spacial score (nSPS) is 19.9. The Kier molecular flexibility index (Phi) is 9.78. The van der Waals surface area contributed by atoms with E-state index in [0.717, 1.165) is 10.9 Å². The molecule has 0 bridgehead atoms. The summed E-state index contributed by atoms with van der Waals surface area (Å²) < 4.78 is 13.3. The number of benzene rings is 1. The Hall–Kier alpha value is -4.36. The number of hydrogen-bond acceptors (Lipinski definition) is 10. The minimum absolute atomic E-state index is 0.0312. The molecule has 2 atom stereocenters. The number of imidazole rings is 1. The van der Waals surface area contributed by atoms with E-state index in [1.54, 1.807) is 19.9 Å². The number of aromatic nitrogens is 3. The molecule has 1 aliphatic heterocycles. The van der Waals surface area contributed by atoms with Gasteiger partial charge in [0.25, 0.3) is 11.8 Å². The highest BCUT2D eigenvalue weighted by molar-refractivity contribution is 6.09. The van der Waals surface area contributed by atoms with E-state index in [1.807, 2.05) is 41.8 Å². The van der Waals surface area contributed by atoms with Crippen molar-refractivity contribution in [3.05, 3.63) is 42.2 Å². The van der Waals surface area contributed by atoms with Gasteiger partial charge >= 0.3 is 12.1 Å². The molecule has 1 saturated heterocycles. The minimum Gasteiger partial charge on any atom is -0.442 e. The van der Waals surface area contributed by atoms with E-state index in [2.05, 4.69) is 10.3 Å². The summed E-state index contributed by atoms with van der Waals surface area (Å²) in [5.74, 6) is -0.813. The van der Waals surface area contributed by atoms with Gasteiger partial charge in [0.1, 0.15) is 24.1 Å². The Morgan fingerprint density at radius 3 is 2.60 bits per heavy atom. The highest BCUT2D eigenvalue weighted by atomic mass is 16.7. The molecule has 2 unspecified atom stereocenters. The molecular weight excluding hydrogens is 582 g/mol. The molecule has 2 aliphatic rings. The Labute approximate surface area is 260 Å². The first-order chi connectivity index (χ1) is 21.5. The lowest BCUT2D eigenvalue weighted by Gasteiger charge is -2.21. The smallest absolute Gasteiger partial charge is 0.413 e. The third-order valence-electron chi connectivity index (χ3n) is 7.70. The quantitative estimate of drug-likeness (QED) is 0.243. The molecule has 1 aliphatic carbocycles. The summed E-state index contributed by atoms with van der Waals surface area (Å²) in [7, 11) is 0. The fourth-order valence-corrected chi connectivity index (χ4v) is 5.65. The van der Waals surface area contributed by atoms with Crippen LogP contribution < -0.4 is 5.32 Å². The second kappa shape index (κ2) is 13.7. The van der Waals surface area contributed by atoms with Gasteiger partial charge in [0.15, 0.2) is 5.82 Å². The molecule has 3 heterocycles. The Balaban J connectivity index is 1.28. The van der Waals surface area contributed by atoms with E-state index >= 15 is 0 Å². The molecule has 240 valence electrons. The van der Waals surface area contributed by atoms with Crippen molar-refractivity contribution in [2.24, 2.45) is 5.92 Å². The number of imide groups is 1. The zero-order valence-corrected chi connectivity index (χ0v) is 25.8. The van der Waals surface area contributed by atoms with Gasteiger partial charge in [0.2, 0.25) is 0 Å². The van der Waals surface area contributed by atoms with E-state index in [4.69, 9.17) is 19.3 Å². The predicted octanol–water partition coefficient (Wildman–Crippen LogP) is 4.55. The SMILES string of the molecule is CCOCc1nc2c(NC(=O)OC3/C=C/CC(CC(=O)ON4C(=O)CCC4=O)CCC3)nc3ccccc3c2n1CC(C)(C)O. The Bertz CT molecular complexity index is 1610. The molecule has 3 amide bonds. The highest BCUT2D eigenvalue weighted by Crippen LogP contribution is 2.32. The molecule has 2 N–H and O–H groups in total. The molecule has 0 radical (unpaired) electrons. The largest absolute Gasteiger partial charge is 0.442 e. The number of nitrogens with zero attached hydrogens (tertiary/aromatic N) is 4. The van der Waals surface area contributed by atoms with E-state index in [-0.39, 0.29) is 44.1 Å². The molecule has 3 aromatic rings. The maximum atomic E-state index is 13.2. The molecule has 13 nitrogen and oxygen atoms in total. The zero-order valence-electron chi connectivity index (χ0n) is 25.8. The third kappa shape index (κ3) is 7.84. The average molecular weight is 622 g/mol. The topological polar surface area (TPSA) is 162 Å². The summed E-state index contributed by atoms with van der Waals surface area (Å²) in [6, 6.07) is 7.54. The summed E-state index contributed by atoms with van der Waals surface area (Å²) in [6.45, 7) is 6.30. The lowest BCUT2D eigenvalue weighted by atomic mass is 9.91. The molecule has 0 saturated carbocycles. The van der Waals surface area contributed by atoms with Crippen LogP contribution in [0.4, 0.5) is 10.6 Å². The van der Waals surface area contributed by atoms with E-state index in [0.29, 0.717) is 54.2 Å². The number of carbonyl (C=O) groups is 4. The molecule has 1 fully saturated rings. The molecule has 5 rings (SSSR count). The van der Waals surface area contributed by atoms with Crippen molar-refractivity contribution >= 4 is 51.6 Å². The predicted molar refractivity (Wildman–Crippen MR) is 163 cm³/mol. The minimum atomic E-state index is -1.04. The number of nitrogens with one attached hydrogen (secondary N) is 1. The number of para-hydroxylation sites is 1. The second-order valence-electron chi connectivity index (χ2n) is 12.0. The first-order valence-corrected chi connectivity index (χ1v) is 15.3. The first kappa shape index (κ1) is 32.0. The number of allylic oxidation sites excluding steroid dienone is 1. The number of amides is 3. The van der Waals surface area contributed by atoms with Crippen molar-refractivity contribution in [1.29, 1.82) is 0 Å². The molecular formula is C32H39N5O8. The van der Waals surface area contributed by atoms with Crippen molar-refractivity contribution < 1.29 is 38.6 Å². The number of pyridine rings is 1. The molecule has 0 spiro atoms. The maximum Gasteiger partial charge on any atom is 0.413 e. The van der Waals surface area contributed by atoms with Crippen LogP contribution in [0.1, 0.15) is 71.5 Å². The highest BCUT2D eigenvalue weighted by Gasteiger charge is 2.33. The molecule has 1 aromatic carbocycles. The van der Waals surface area contributed by atoms with Gasteiger partial charge in [-0.1, -0.05) is 24.3 Å². The lowest BCUT2D eigenvalue weighted by molar-refractivity contribution is -0.198. The van der Waals surface area contributed by atoms with Gasteiger partial charge < -0.3 is 24.0 Å². The van der Waals surface area contributed by atoms with E-state index in [9.17, 15) is 24.3 Å². The van der Waals surface area contributed by atoms with Crippen LogP contribution >= 0.6 is 0 Å². The van der Waals surface area contributed by atoms with Crippen molar-refractivity contribution in [2.45, 2.75) is 90.6 Å². The zero-order chi connectivity index (χ0) is 32.1. The monoisotopic (exact) mass is 621 g/mol. The Morgan fingerprint density at radius 2 is 1.87 bits per heavy atom. The van der Waals surface area contributed by atoms with E-state index < -0.39 is 35.6 Å². The summed E-state index contributed by atoms with van der Waals surface area (Å²) in [4.78, 5) is 63.4. The number of fused-ring (bicyclic) bond motifs is 3. The Morgan fingerprint density at radius 1 is 1.11 bits per heavy atom. The summed E-state index contributed by atoms with van der Waals surface area (Å²) in [5, 5.41) is 14.9. The summed E-state index contributed by atoms with van der Waals surface area (Å²) in [5.41, 5.74) is 0.793. The van der Waals surface area contributed by atoms with Crippen LogP contribution in [0.25, 0.3) is 21.9 Å². The van der Waals surface area contributed by atoms with Gasteiger partial charge in [-0.3, -0.25) is 14.9 Å². The van der Waals surface area contributed by atoms with Gasteiger partial charge in [-0.2, -0.15) is 0 Å². The van der Waals surface area contributed by atoms with Crippen LogP contribution in [0, 0.1) is 5.92 Å².